The first-order chi connectivity index (χ1) is 15.8. The number of aromatic nitrogens is 1. The maximum atomic E-state index is 13.4. The Morgan fingerprint density at radius 3 is 2.55 bits per heavy atom. The molecule has 4 rings (SSSR count). The molecule has 0 fully saturated rings. The van der Waals surface area contributed by atoms with Gasteiger partial charge in [-0.25, -0.2) is 8.42 Å². The number of sulfonamides is 1. The Balaban J connectivity index is 1.66. The fourth-order valence-electron chi connectivity index (χ4n) is 3.34. The molecule has 0 radical (unpaired) electrons. The van der Waals surface area contributed by atoms with E-state index < -0.39 is 22.5 Å². The van der Waals surface area contributed by atoms with Gasteiger partial charge < -0.3 is 14.6 Å². The van der Waals surface area contributed by atoms with E-state index in [0.29, 0.717) is 17.1 Å². The molecule has 170 valence electrons. The molecule has 0 aliphatic heterocycles. The number of hydrogen-bond donors (Lipinski definition) is 1. The van der Waals surface area contributed by atoms with Gasteiger partial charge >= 0.3 is 4.87 Å². The van der Waals surface area contributed by atoms with Crippen LogP contribution in [0.2, 0.25) is 0 Å². The van der Waals surface area contributed by atoms with Gasteiger partial charge in [-0.3, -0.25) is 13.9 Å². The minimum atomic E-state index is -4.03. The van der Waals surface area contributed by atoms with E-state index in [1.807, 2.05) is 0 Å². The van der Waals surface area contributed by atoms with E-state index in [1.54, 1.807) is 67.7 Å². The predicted octanol–water partition coefficient (Wildman–Crippen LogP) is 3.44. The molecule has 8 nitrogen and oxygen atoms in total. The molecule has 10 heteroatoms. The Kier molecular flexibility index (Phi) is 6.21. The number of thiazole rings is 1. The number of anilines is 2. The molecule has 0 unspecified atom stereocenters. The first kappa shape index (κ1) is 22.6. The summed E-state index contributed by atoms with van der Waals surface area (Å²) in [6, 6.07) is 19.5. The molecular formula is C23H21N3O5S2. The van der Waals surface area contributed by atoms with Gasteiger partial charge in [0.25, 0.3) is 10.0 Å². The maximum absolute atomic E-state index is 13.4. The Morgan fingerprint density at radius 1 is 1.06 bits per heavy atom. The third kappa shape index (κ3) is 4.62. The van der Waals surface area contributed by atoms with Crippen molar-refractivity contribution in [3.63, 3.8) is 0 Å². The van der Waals surface area contributed by atoms with Crippen LogP contribution < -0.4 is 19.2 Å². The number of nitrogens with one attached hydrogen (secondary N) is 1. The van der Waals surface area contributed by atoms with E-state index in [1.165, 1.54) is 23.8 Å². The van der Waals surface area contributed by atoms with Gasteiger partial charge in [-0.2, -0.15) is 0 Å². The average molecular weight is 484 g/mol. The van der Waals surface area contributed by atoms with E-state index >= 15 is 0 Å². The third-order valence-corrected chi connectivity index (χ3v) is 7.82. The number of fused-ring (bicyclic) bond motifs is 1. The smallest absolute Gasteiger partial charge is 0.307 e. The number of hydrogen-bond acceptors (Lipinski definition) is 6. The van der Waals surface area contributed by atoms with Gasteiger partial charge in [0.1, 0.15) is 12.3 Å². The molecule has 33 heavy (non-hydrogen) atoms. The lowest BCUT2D eigenvalue weighted by molar-refractivity contribution is -0.114. The predicted molar refractivity (Wildman–Crippen MR) is 130 cm³/mol. The largest absolute Gasteiger partial charge is 0.497 e. The molecule has 1 heterocycles. The minimum Gasteiger partial charge on any atom is -0.497 e. The van der Waals surface area contributed by atoms with E-state index in [4.69, 9.17) is 4.74 Å². The second kappa shape index (κ2) is 9.08. The second-order valence-electron chi connectivity index (χ2n) is 7.18. The first-order valence-electron chi connectivity index (χ1n) is 9.91. The van der Waals surface area contributed by atoms with Crippen LogP contribution in [0.4, 0.5) is 11.4 Å². The van der Waals surface area contributed by atoms with Gasteiger partial charge in [-0.1, -0.05) is 35.6 Å². The van der Waals surface area contributed by atoms with Crippen molar-refractivity contribution in [2.75, 3.05) is 23.3 Å². The van der Waals surface area contributed by atoms with Crippen molar-refractivity contribution in [3.8, 4) is 5.75 Å². The molecule has 0 bridgehead atoms. The van der Waals surface area contributed by atoms with Crippen LogP contribution in [-0.2, 0) is 21.9 Å². The van der Waals surface area contributed by atoms with Crippen LogP contribution in [0.15, 0.2) is 82.5 Å². The van der Waals surface area contributed by atoms with Crippen molar-refractivity contribution < 1.29 is 17.9 Å². The quantitative estimate of drug-likeness (QED) is 0.434. The van der Waals surface area contributed by atoms with Gasteiger partial charge in [0.2, 0.25) is 5.91 Å². The molecule has 0 aliphatic rings. The lowest BCUT2D eigenvalue weighted by atomic mass is 10.3. The van der Waals surface area contributed by atoms with Crippen molar-refractivity contribution >= 4 is 48.9 Å². The Labute approximate surface area is 194 Å². The van der Waals surface area contributed by atoms with Crippen LogP contribution in [0.3, 0.4) is 0 Å². The van der Waals surface area contributed by atoms with Crippen LogP contribution in [0.25, 0.3) is 10.2 Å². The number of carbonyl (C=O) groups is 1. The number of benzene rings is 3. The van der Waals surface area contributed by atoms with Gasteiger partial charge in [0, 0.05) is 18.8 Å². The highest BCUT2D eigenvalue weighted by Gasteiger charge is 2.27. The van der Waals surface area contributed by atoms with Gasteiger partial charge in [-0.15, -0.1) is 0 Å². The normalized spacial score (nSPS) is 11.3. The van der Waals surface area contributed by atoms with Gasteiger partial charge in [-0.05, 0) is 42.5 Å². The summed E-state index contributed by atoms with van der Waals surface area (Å²) in [5, 5.41) is 2.73. The monoisotopic (exact) mass is 483 g/mol. The number of amides is 1. The van der Waals surface area contributed by atoms with Crippen LogP contribution in [0, 0.1) is 0 Å². The van der Waals surface area contributed by atoms with Crippen molar-refractivity contribution in [1.82, 2.24) is 4.57 Å². The zero-order chi connectivity index (χ0) is 23.6. The summed E-state index contributed by atoms with van der Waals surface area (Å²) in [6.07, 6.45) is 0. The van der Waals surface area contributed by atoms with E-state index in [9.17, 15) is 18.0 Å². The molecule has 4 aromatic rings. The van der Waals surface area contributed by atoms with E-state index in [-0.39, 0.29) is 9.77 Å². The van der Waals surface area contributed by atoms with Crippen molar-refractivity contribution in [2.24, 2.45) is 7.05 Å². The summed E-state index contributed by atoms with van der Waals surface area (Å²) >= 11 is 1.07. The summed E-state index contributed by atoms with van der Waals surface area (Å²) < 4.78 is 35.3. The Morgan fingerprint density at radius 2 is 1.82 bits per heavy atom. The fraction of sp³-hybridized carbons (Fsp3) is 0.130. The highest BCUT2D eigenvalue weighted by molar-refractivity contribution is 7.92. The molecule has 1 N–H and O–H groups in total. The van der Waals surface area contributed by atoms with Gasteiger partial charge in [0.15, 0.2) is 0 Å². The highest BCUT2D eigenvalue weighted by atomic mass is 32.2. The van der Waals surface area contributed by atoms with Gasteiger partial charge in [0.05, 0.1) is 27.9 Å². The number of ether oxygens (including phenoxy) is 1. The third-order valence-electron chi connectivity index (χ3n) is 5.04. The number of aryl methyl sites for hydroxylation is 1. The number of carbonyl (C=O) groups excluding carboxylic acids is 1. The maximum Gasteiger partial charge on any atom is 0.307 e. The summed E-state index contributed by atoms with van der Waals surface area (Å²) in [4.78, 5) is 24.8. The van der Waals surface area contributed by atoms with Crippen molar-refractivity contribution in [3.05, 3.63) is 82.5 Å². The lowest BCUT2D eigenvalue weighted by Crippen LogP contribution is -2.38. The SMILES string of the molecule is COc1cccc(N(CC(=O)Nc2ccc3c(c2)sc(=O)n3C)S(=O)(=O)c2ccccc2)c1. The van der Waals surface area contributed by atoms with E-state index in [0.717, 1.165) is 25.9 Å². The summed E-state index contributed by atoms with van der Waals surface area (Å²) in [6.45, 7) is -0.451. The zero-order valence-electron chi connectivity index (χ0n) is 17.9. The standard InChI is InChI=1S/C23H21N3O5S2/c1-25-20-12-11-16(13-21(20)32-23(25)28)24-22(27)15-26(17-7-6-8-18(14-17)31-2)33(29,30)19-9-4-3-5-10-19/h3-14H,15H2,1-2H3,(H,24,27). The summed E-state index contributed by atoms with van der Waals surface area (Å²) in [5.41, 5.74) is 1.52. The zero-order valence-corrected chi connectivity index (χ0v) is 19.5. The molecule has 1 aromatic heterocycles. The lowest BCUT2D eigenvalue weighted by Gasteiger charge is -2.24. The minimum absolute atomic E-state index is 0.0658. The van der Waals surface area contributed by atoms with Crippen LogP contribution >= 0.6 is 11.3 Å². The Hall–Kier alpha value is -3.63. The molecule has 1 amide bonds. The van der Waals surface area contributed by atoms with Crippen LogP contribution in [0.1, 0.15) is 0 Å². The summed E-state index contributed by atoms with van der Waals surface area (Å²) in [5.74, 6) is -0.0643. The number of methoxy groups -OCH3 is 1. The number of rotatable bonds is 7. The first-order valence-corrected chi connectivity index (χ1v) is 12.2. The topological polar surface area (TPSA) is 97.7 Å². The summed E-state index contributed by atoms with van der Waals surface area (Å²) in [7, 11) is -0.867. The molecule has 0 atom stereocenters. The molecule has 0 saturated heterocycles. The average Bonchev–Trinajstić information content (AvgIpc) is 3.10. The molecular weight excluding hydrogens is 462 g/mol. The number of nitrogens with zero attached hydrogens (tertiary/aromatic N) is 2. The molecule has 0 aliphatic carbocycles. The van der Waals surface area contributed by atoms with Crippen LogP contribution in [-0.4, -0.2) is 32.5 Å². The molecule has 3 aromatic carbocycles. The van der Waals surface area contributed by atoms with E-state index in [2.05, 4.69) is 5.32 Å². The molecule has 0 spiro atoms. The Bertz CT molecular complexity index is 1480. The molecule has 0 saturated carbocycles. The van der Waals surface area contributed by atoms with Crippen molar-refractivity contribution in [1.29, 1.82) is 0 Å². The fourth-order valence-corrected chi connectivity index (χ4v) is 5.70. The second-order valence-corrected chi connectivity index (χ2v) is 10.0. The van der Waals surface area contributed by atoms with Crippen molar-refractivity contribution in [2.45, 2.75) is 4.90 Å². The highest BCUT2D eigenvalue weighted by Crippen LogP contribution is 2.27. The van der Waals surface area contributed by atoms with Crippen LogP contribution in [0.5, 0.6) is 5.75 Å².